The van der Waals surface area contributed by atoms with Gasteiger partial charge in [0.05, 0.1) is 17.6 Å². The van der Waals surface area contributed by atoms with Gasteiger partial charge in [-0.1, -0.05) is 6.92 Å². The summed E-state index contributed by atoms with van der Waals surface area (Å²) in [5.74, 6) is 0.745. The van der Waals surface area contributed by atoms with Crippen molar-refractivity contribution in [3.63, 3.8) is 0 Å². The van der Waals surface area contributed by atoms with Crippen molar-refractivity contribution in [2.75, 3.05) is 42.9 Å². The molecule has 1 unspecified atom stereocenters. The summed E-state index contributed by atoms with van der Waals surface area (Å²) < 4.78 is 0. The van der Waals surface area contributed by atoms with Crippen LogP contribution in [0.2, 0.25) is 0 Å². The molecule has 4 aliphatic rings. The molecule has 1 N–H and O–H groups in total. The molecule has 0 radical (unpaired) electrons. The summed E-state index contributed by atoms with van der Waals surface area (Å²) >= 11 is 0. The lowest BCUT2D eigenvalue weighted by atomic mass is 9.98. The van der Waals surface area contributed by atoms with Gasteiger partial charge in [0.2, 0.25) is 5.91 Å². The summed E-state index contributed by atoms with van der Waals surface area (Å²) in [7, 11) is 0. The Labute approximate surface area is 187 Å². The first-order valence-corrected chi connectivity index (χ1v) is 11.4. The van der Waals surface area contributed by atoms with Crippen molar-refractivity contribution in [3.8, 4) is 0 Å². The molecule has 1 aromatic heterocycles. The van der Waals surface area contributed by atoms with E-state index in [1.165, 1.54) is 0 Å². The number of dihydropyridines is 2. The third kappa shape index (κ3) is 4.55. The topological polar surface area (TPSA) is 90.3 Å². The van der Waals surface area contributed by atoms with E-state index in [-0.39, 0.29) is 23.8 Å². The molecular formula is C24H28N6O2. The number of anilines is 2. The number of aromatic nitrogens is 1. The second-order valence-corrected chi connectivity index (χ2v) is 8.76. The Balaban J connectivity index is 1.13. The van der Waals surface area contributed by atoms with Crippen LogP contribution in [0.3, 0.4) is 0 Å². The number of carbonyl (C=O) groups is 2. The minimum atomic E-state index is -0.133. The van der Waals surface area contributed by atoms with E-state index in [2.05, 4.69) is 30.1 Å². The molecule has 1 saturated carbocycles. The van der Waals surface area contributed by atoms with Gasteiger partial charge >= 0.3 is 0 Å². The van der Waals surface area contributed by atoms with Gasteiger partial charge in [-0.15, -0.1) is 0 Å². The van der Waals surface area contributed by atoms with E-state index in [1.54, 1.807) is 0 Å². The van der Waals surface area contributed by atoms with Crippen molar-refractivity contribution >= 4 is 35.2 Å². The van der Waals surface area contributed by atoms with Gasteiger partial charge in [0.15, 0.2) is 0 Å². The zero-order valence-corrected chi connectivity index (χ0v) is 18.3. The molecule has 1 saturated heterocycles. The van der Waals surface area contributed by atoms with E-state index < -0.39 is 0 Å². The predicted octanol–water partition coefficient (Wildman–Crippen LogP) is 2.25. The third-order valence-electron chi connectivity index (χ3n) is 6.37. The van der Waals surface area contributed by atoms with E-state index in [1.807, 2.05) is 43.6 Å². The van der Waals surface area contributed by atoms with Crippen molar-refractivity contribution in [2.24, 2.45) is 15.9 Å². The van der Waals surface area contributed by atoms with E-state index in [4.69, 9.17) is 0 Å². The highest BCUT2D eigenvalue weighted by Gasteiger charge is 2.30. The van der Waals surface area contributed by atoms with E-state index in [0.29, 0.717) is 12.2 Å². The molecule has 1 atom stereocenters. The first-order chi connectivity index (χ1) is 15.6. The average Bonchev–Trinajstić information content (AvgIpc) is 3.65. The number of rotatable bonds is 6. The fraction of sp³-hybridized carbons (Fsp3) is 0.458. The van der Waals surface area contributed by atoms with Gasteiger partial charge in [-0.25, -0.2) is 9.98 Å². The van der Waals surface area contributed by atoms with Crippen LogP contribution in [0.4, 0.5) is 11.5 Å². The van der Waals surface area contributed by atoms with Crippen LogP contribution < -0.4 is 10.2 Å². The number of nitrogens with one attached hydrogen (secondary N) is 1. The third-order valence-corrected chi connectivity index (χ3v) is 6.37. The van der Waals surface area contributed by atoms with Gasteiger partial charge in [0.1, 0.15) is 11.9 Å². The SMILES string of the molecule is CCC1=CC2N=CC(CN3CCN(c4ccc(NC(=O)C5CC5)nc4)CC3)=CC2=NC1=O. The lowest BCUT2D eigenvalue weighted by molar-refractivity contribution is -0.117. The van der Waals surface area contributed by atoms with Crippen molar-refractivity contribution in [1.82, 2.24) is 9.88 Å². The number of hydrogen-bond donors (Lipinski definition) is 1. The Morgan fingerprint density at radius 3 is 2.69 bits per heavy atom. The van der Waals surface area contributed by atoms with Crippen molar-refractivity contribution in [1.29, 1.82) is 0 Å². The van der Waals surface area contributed by atoms with E-state index in [9.17, 15) is 9.59 Å². The Bertz CT molecular complexity index is 1030. The zero-order chi connectivity index (χ0) is 22.1. The van der Waals surface area contributed by atoms with Crippen molar-refractivity contribution in [3.05, 3.63) is 41.6 Å². The van der Waals surface area contributed by atoms with Gasteiger partial charge < -0.3 is 10.2 Å². The van der Waals surface area contributed by atoms with Gasteiger partial charge in [0.25, 0.3) is 5.91 Å². The van der Waals surface area contributed by atoms with Gasteiger partial charge in [-0.2, -0.15) is 0 Å². The fourth-order valence-electron chi connectivity index (χ4n) is 4.24. The number of fused-ring (bicyclic) bond motifs is 1. The average molecular weight is 433 g/mol. The predicted molar refractivity (Wildman–Crippen MR) is 125 cm³/mol. The summed E-state index contributed by atoms with van der Waals surface area (Å²) in [6.07, 6.45) is 10.4. The highest BCUT2D eigenvalue weighted by molar-refractivity contribution is 6.16. The number of nitrogens with zero attached hydrogens (tertiary/aromatic N) is 5. The molecule has 8 heteroatoms. The van der Waals surface area contributed by atoms with Crippen LogP contribution in [-0.4, -0.2) is 72.4 Å². The molecule has 2 amide bonds. The quantitative estimate of drug-likeness (QED) is 0.745. The number of aliphatic imine (C=N–C) groups is 2. The second-order valence-electron chi connectivity index (χ2n) is 8.76. The van der Waals surface area contributed by atoms with Gasteiger partial charge in [0, 0.05) is 50.4 Å². The van der Waals surface area contributed by atoms with Crippen LogP contribution in [0, 0.1) is 5.92 Å². The summed E-state index contributed by atoms with van der Waals surface area (Å²) in [5.41, 5.74) is 3.66. The molecule has 1 aliphatic carbocycles. The normalized spacial score (nSPS) is 23.3. The monoisotopic (exact) mass is 432 g/mol. The lowest BCUT2D eigenvalue weighted by Gasteiger charge is -2.36. The zero-order valence-electron chi connectivity index (χ0n) is 18.3. The van der Waals surface area contributed by atoms with Crippen molar-refractivity contribution < 1.29 is 9.59 Å². The Kier molecular flexibility index (Phi) is 5.70. The standard InChI is InChI=1S/C24H28N6O2/c1-2-17-12-20-21(27-23(17)31)11-16(13-25-20)15-29-7-9-30(10-8-29)19-5-6-22(26-14-19)28-24(32)18-3-4-18/h5-6,11-14,18,20H,2-4,7-10,15H2,1H3,(H,26,28,32). The molecule has 5 rings (SSSR count). The molecule has 0 spiro atoms. The summed E-state index contributed by atoms with van der Waals surface area (Å²) in [6, 6.07) is 3.79. The molecule has 4 heterocycles. The van der Waals surface area contributed by atoms with Crippen LogP contribution in [-0.2, 0) is 9.59 Å². The smallest absolute Gasteiger partial charge is 0.272 e. The van der Waals surface area contributed by atoms with Crippen molar-refractivity contribution in [2.45, 2.75) is 32.2 Å². The maximum Gasteiger partial charge on any atom is 0.272 e. The summed E-state index contributed by atoms with van der Waals surface area (Å²) in [6.45, 7) is 6.44. The Hall–Kier alpha value is -3.13. The molecular weight excluding hydrogens is 404 g/mol. The minimum Gasteiger partial charge on any atom is -0.368 e. The molecule has 3 aliphatic heterocycles. The maximum absolute atomic E-state index is 12.1. The largest absolute Gasteiger partial charge is 0.368 e. The number of piperazine rings is 1. The van der Waals surface area contributed by atoms with Gasteiger partial charge in [-0.05, 0) is 49.1 Å². The van der Waals surface area contributed by atoms with Crippen LogP contribution in [0.15, 0.2) is 51.6 Å². The molecule has 8 nitrogen and oxygen atoms in total. The van der Waals surface area contributed by atoms with Crippen LogP contribution in [0.1, 0.15) is 26.2 Å². The number of carbonyl (C=O) groups excluding carboxylic acids is 2. The summed E-state index contributed by atoms with van der Waals surface area (Å²) in [5, 5.41) is 2.89. The fourth-order valence-corrected chi connectivity index (χ4v) is 4.24. The molecule has 32 heavy (non-hydrogen) atoms. The van der Waals surface area contributed by atoms with Gasteiger partial charge in [-0.3, -0.25) is 19.5 Å². The van der Waals surface area contributed by atoms with E-state index >= 15 is 0 Å². The number of hydrogen-bond acceptors (Lipinski definition) is 6. The number of amides is 2. The van der Waals surface area contributed by atoms with E-state index in [0.717, 1.165) is 68.1 Å². The first-order valence-electron chi connectivity index (χ1n) is 11.4. The number of pyridine rings is 1. The Morgan fingerprint density at radius 2 is 2.00 bits per heavy atom. The Morgan fingerprint density at radius 1 is 1.19 bits per heavy atom. The van der Waals surface area contributed by atoms with Crippen LogP contribution in [0.25, 0.3) is 0 Å². The molecule has 0 aromatic carbocycles. The highest BCUT2D eigenvalue weighted by Crippen LogP contribution is 2.30. The molecule has 166 valence electrons. The molecule has 0 bridgehead atoms. The van der Waals surface area contributed by atoms with Crippen LogP contribution in [0.5, 0.6) is 0 Å². The molecule has 1 aromatic rings. The molecule has 2 fully saturated rings. The lowest BCUT2D eigenvalue weighted by Crippen LogP contribution is -2.47. The van der Waals surface area contributed by atoms with Crippen LogP contribution >= 0.6 is 0 Å². The second kappa shape index (κ2) is 8.78. The minimum absolute atomic E-state index is 0.0797. The first kappa shape index (κ1) is 20.8. The summed E-state index contributed by atoms with van der Waals surface area (Å²) in [4.78, 5) is 41.9. The highest BCUT2D eigenvalue weighted by atomic mass is 16.2. The maximum atomic E-state index is 12.1.